The Labute approximate surface area is 181 Å². The highest BCUT2D eigenvalue weighted by Gasteiger charge is 2.06. The number of nitrogens with zero attached hydrogens (tertiary/aromatic N) is 2. The van der Waals surface area contributed by atoms with Crippen LogP contribution in [0.5, 0.6) is 0 Å². The zero-order valence-corrected chi connectivity index (χ0v) is 17.8. The molecular formula is C23H24Cl2N4. The lowest BCUT2D eigenvalue weighted by molar-refractivity contribution is 1.01. The van der Waals surface area contributed by atoms with Gasteiger partial charge in [-0.05, 0) is 42.8 Å². The van der Waals surface area contributed by atoms with Crippen molar-refractivity contribution in [2.45, 2.75) is 6.92 Å². The molecule has 0 radical (unpaired) electrons. The molecule has 0 spiro atoms. The number of aryl methyl sites for hydroxylation is 1. The zero-order chi connectivity index (χ0) is 21.2. The number of hydrogen-bond donors (Lipinski definition) is 2. The van der Waals surface area contributed by atoms with Gasteiger partial charge in [0.25, 0.3) is 0 Å². The Kier molecular flexibility index (Phi) is 8.87. The van der Waals surface area contributed by atoms with Crippen LogP contribution in [0.15, 0.2) is 66.7 Å². The highest BCUT2D eigenvalue weighted by Crippen LogP contribution is 2.22. The maximum Gasteiger partial charge on any atom is 0.154 e. The third-order valence-corrected chi connectivity index (χ3v) is 4.23. The van der Waals surface area contributed by atoms with E-state index in [0.717, 1.165) is 27.3 Å². The van der Waals surface area contributed by atoms with Crippen LogP contribution < -0.4 is 11.1 Å². The van der Waals surface area contributed by atoms with Crippen LogP contribution in [-0.4, -0.2) is 23.1 Å². The van der Waals surface area contributed by atoms with Crippen molar-refractivity contribution in [1.29, 1.82) is 0 Å². The monoisotopic (exact) mass is 426 g/mol. The van der Waals surface area contributed by atoms with Crippen molar-refractivity contribution in [1.82, 2.24) is 9.97 Å². The van der Waals surface area contributed by atoms with E-state index >= 15 is 0 Å². The van der Waals surface area contributed by atoms with Gasteiger partial charge in [0.15, 0.2) is 5.82 Å². The molecule has 29 heavy (non-hydrogen) atoms. The second-order valence-corrected chi connectivity index (χ2v) is 7.12. The van der Waals surface area contributed by atoms with E-state index in [-0.39, 0.29) is 0 Å². The summed E-state index contributed by atoms with van der Waals surface area (Å²) in [5.41, 5.74) is 8.73. The summed E-state index contributed by atoms with van der Waals surface area (Å²) in [6.07, 6.45) is 5.36. The van der Waals surface area contributed by atoms with E-state index in [1.807, 2.05) is 42.5 Å². The van der Waals surface area contributed by atoms with Crippen molar-refractivity contribution in [2.24, 2.45) is 5.73 Å². The Morgan fingerprint density at radius 3 is 2.45 bits per heavy atom. The Hall–Kier alpha value is -2.66. The summed E-state index contributed by atoms with van der Waals surface area (Å²) >= 11 is 11.1. The summed E-state index contributed by atoms with van der Waals surface area (Å²) in [6.45, 7) is 9.92. The van der Waals surface area contributed by atoms with Gasteiger partial charge in [-0.3, -0.25) is 0 Å². The minimum atomic E-state index is 0.491. The van der Waals surface area contributed by atoms with E-state index in [2.05, 4.69) is 47.5 Å². The van der Waals surface area contributed by atoms with Crippen molar-refractivity contribution in [3.63, 3.8) is 0 Å². The van der Waals surface area contributed by atoms with Crippen LogP contribution in [0, 0.1) is 6.92 Å². The second kappa shape index (κ2) is 11.4. The Balaban J connectivity index is 0.000000537. The predicted octanol–water partition coefficient (Wildman–Crippen LogP) is 6.06. The molecule has 2 aromatic carbocycles. The lowest BCUT2D eigenvalue weighted by atomic mass is 10.1. The quantitative estimate of drug-likeness (QED) is 0.470. The van der Waals surface area contributed by atoms with Gasteiger partial charge < -0.3 is 11.1 Å². The fourth-order valence-electron chi connectivity index (χ4n) is 2.40. The van der Waals surface area contributed by atoms with Gasteiger partial charge in [-0.25, -0.2) is 9.97 Å². The highest BCUT2D eigenvalue weighted by molar-refractivity contribution is 6.30. The van der Waals surface area contributed by atoms with Crippen molar-refractivity contribution < 1.29 is 0 Å². The first-order valence-electron chi connectivity index (χ1n) is 9.05. The number of anilines is 1. The molecule has 6 heteroatoms. The minimum Gasteiger partial charge on any atom is -0.368 e. The molecule has 1 aromatic heterocycles. The normalized spacial score (nSPS) is 10.5. The van der Waals surface area contributed by atoms with Gasteiger partial charge >= 0.3 is 0 Å². The van der Waals surface area contributed by atoms with Crippen LogP contribution in [0.2, 0.25) is 5.02 Å². The molecule has 150 valence electrons. The number of allylic oxidation sites excluding steroid dienone is 2. The average Bonchev–Trinajstić information content (AvgIpc) is 2.72. The Morgan fingerprint density at radius 1 is 1.14 bits per heavy atom. The van der Waals surface area contributed by atoms with E-state index in [1.54, 1.807) is 0 Å². The number of aromatic nitrogens is 2. The van der Waals surface area contributed by atoms with Crippen molar-refractivity contribution in [3.8, 4) is 0 Å². The molecule has 0 fully saturated rings. The minimum absolute atomic E-state index is 0.491. The summed E-state index contributed by atoms with van der Waals surface area (Å²) in [5, 5.41) is 5.50. The second-order valence-electron chi connectivity index (χ2n) is 6.20. The molecule has 0 bridgehead atoms. The van der Waals surface area contributed by atoms with Crippen molar-refractivity contribution >= 4 is 52.1 Å². The average molecular weight is 427 g/mol. The standard InChI is InChI=1S/C19H19ClN4.C4H5Cl/c1-13-2-8-17-16(12-13)19(22-11-10-21)24-18(23-17)9-5-14-3-6-15(20)7-4-14;1-3-4(2)5/h2-9,12H,10-11,21H2,1H3,(H,22,23,24);3H,1-2H2/b9-5+;. The summed E-state index contributed by atoms with van der Waals surface area (Å²) in [7, 11) is 0. The molecule has 0 atom stereocenters. The van der Waals surface area contributed by atoms with Crippen LogP contribution in [-0.2, 0) is 0 Å². The number of halogens is 2. The van der Waals surface area contributed by atoms with E-state index in [9.17, 15) is 0 Å². The predicted molar refractivity (Wildman–Crippen MR) is 127 cm³/mol. The summed E-state index contributed by atoms with van der Waals surface area (Å²) < 4.78 is 0. The number of fused-ring (bicyclic) bond motifs is 1. The summed E-state index contributed by atoms with van der Waals surface area (Å²) in [5.74, 6) is 1.46. The lowest BCUT2D eigenvalue weighted by Crippen LogP contribution is -2.14. The largest absolute Gasteiger partial charge is 0.368 e. The van der Waals surface area contributed by atoms with Crippen molar-refractivity contribution in [3.05, 3.63) is 88.7 Å². The molecule has 3 aromatic rings. The van der Waals surface area contributed by atoms with Gasteiger partial charge in [-0.2, -0.15) is 0 Å². The first kappa shape index (κ1) is 22.6. The van der Waals surface area contributed by atoms with Gasteiger partial charge in [0.05, 0.1) is 5.52 Å². The van der Waals surface area contributed by atoms with Gasteiger partial charge in [0.2, 0.25) is 0 Å². The van der Waals surface area contributed by atoms with E-state index in [1.165, 1.54) is 11.6 Å². The smallest absolute Gasteiger partial charge is 0.154 e. The molecule has 3 N–H and O–H groups in total. The van der Waals surface area contributed by atoms with Gasteiger partial charge in [0.1, 0.15) is 5.82 Å². The first-order valence-corrected chi connectivity index (χ1v) is 9.81. The molecule has 0 saturated carbocycles. The zero-order valence-electron chi connectivity index (χ0n) is 16.3. The lowest BCUT2D eigenvalue weighted by Gasteiger charge is -2.09. The number of nitrogens with two attached hydrogens (primary N) is 1. The molecule has 0 unspecified atom stereocenters. The maximum atomic E-state index is 5.91. The molecule has 0 aliphatic heterocycles. The maximum absolute atomic E-state index is 5.91. The Morgan fingerprint density at radius 2 is 1.83 bits per heavy atom. The highest BCUT2D eigenvalue weighted by atomic mass is 35.5. The van der Waals surface area contributed by atoms with Gasteiger partial charge in [-0.15, -0.1) is 0 Å². The number of nitrogens with one attached hydrogen (secondary N) is 1. The fraction of sp³-hybridized carbons (Fsp3) is 0.130. The molecule has 0 aliphatic rings. The molecule has 1 heterocycles. The third kappa shape index (κ3) is 7.35. The topological polar surface area (TPSA) is 63.8 Å². The Bertz CT molecular complexity index is 1010. The molecule has 0 aliphatic carbocycles. The van der Waals surface area contributed by atoms with Crippen molar-refractivity contribution in [2.75, 3.05) is 18.4 Å². The van der Waals surface area contributed by atoms with E-state index in [0.29, 0.717) is 23.9 Å². The summed E-state index contributed by atoms with van der Waals surface area (Å²) in [4.78, 5) is 9.24. The molecule has 3 rings (SSSR count). The third-order valence-electron chi connectivity index (χ3n) is 3.82. The van der Waals surface area contributed by atoms with E-state index in [4.69, 9.17) is 28.9 Å². The molecule has 4 nitrogen and oxygen atoms in total. The van der Waals surface area contributed by atoms with E-state index < -0.39 is 0 Å². The van der Waals surface area contributed by atoms with Crippen LogP contribution in [0.25, 0.3) is 23.1 Å². The molecule has 0 saturated heterocycles. The summed E-state index contributed by atoms with van der Waals surface area (Å²) in [6, 6.07) is 13.8. The number of benzene rings is 2. The van der Waals surface area contributed by atoms with Gasteiger partial charge in [-0.1, -0.05) is 72.3 Å². The number of hydrogen-bond acceptors (Lipinski definition) is 4. The number of rotatable bonds is 6. The van der Waals surface area contributed by atoms with Crippen LogP contribution >= 0.6 is 23.2 Å². The first-order chi connectivity index (χ1) is 13.9. The fourth-order valence-corrected chi connectivity index (χ4v) is 2.53. The van der Waals surface area contributed by atoms with Crippen LogP contribution in [0.3, 0.4) is 0 Å². The van der Waals surface area contributed by atoms with Crippen LogP contribution in [0.1, 0.15) is 17.0 Å². The SMILES string of the molecule is C=CC(=C)Cl.Cc1ccc2nc(/C=C/c3ccc(Cl)cc3)nc(NCCN)c2c1. The van der Waals surface area contributed by atoms with Gasteiger partial charge in [0, 0.05) is 28.5 Å². The van der Waals surface area contributed by atoms with Crippen LogP contribution in [0.4, 0.5) is 5.82 Å². The molecular weight excluding hydrogens is 403 g/mol. The molecule has 0 amide bonds.